The van der Waals surface area contributed by atoms with E-state index in [1.165, 1.54) is 19.3 Å². The van der Waals surface area contributed by atoms with E-state index in [1.54, 1.807) is 0 Å². The van der Waals surface area contributed by atoms with Crippen LogP contribution in [0.25, 0.3) is 0 Å². The number of hydrogen-bond acceptors (Lipinski definition) is 4. The van der Waals surface area contributed by atoms with Crippen molar-refractivity contribution in [2.75, 3.05) is 11.9 Å². The van der Waals surface area contributed by atoms with E-state index < -0.39 is 0 Å². The number of hydrogen-bond donors (Lipinski definition) is 1. The second-order valence-electron chi connectivity index (χ2n) is 5.41. The lowest BCUT2D eigenvalue weighted by atomic mass is 10.1. The van der Waals surface area contributed by atoms with Gasteiger partial charge in [0.15, 0.2) is 5.82 Å². The summed E-state index contributed by atoms with van der Waals surface area (Å²) in [6.45, 7) is 7.00. The number of nitrogens with one attached hydrogen (secondary N) is 1. The van der Waals surface area contributed by atoms with Gasteiger partial charge in [-0.3, -0.25) is 0 Å². The Morgan fingerprint density at radius 1 is 1.33 bits per heavy atom. The molecule has 0 aliphatic heterocycles. The average molecular weight is 244 g/mol. The fourth-order valence-electron chi connectivity index (χ4n) is 2.62. The summed E-state index contributed by atoms with van der Waals surface area (Å²) >= 11 is 0. The van der Waals surface area contributed by atoms with Crippen LogP contribution in [0.3, 0.4) is 0 Å². The van der Waals surface area contributed by atoms with E-state index in [-0.39, 0.29) is 0 Å². The number of anilines is 1. The highest BCUT2D eigenvalue weighted by Crippen LogP contribution is 2.30. The molecule has 2 unspecified atom stereocenters. The summed E-state index contributed by atoms with van der Waals surface area (Å²) in [6, 6.07) is 2.22. The van der Waals surface area contributed by atoms with Crippen LogP contribution < -0.4 is 5.32 Å². The van der Waals surface area contributed by atoms with Gasteiger partial charge in [0.05, 0.1) is 5.69 Å². The zero-order valence-corrected chi connectivity index (χ0v) is 11.3. The summed E-state index contributed by atoms with van der Waals surface area (Å²) in [6.07, 6.45) is 3.86. The summed E-state index contributed by atoms with van der Waals surface area (Å²) in [5.41, 5.74) is 2.38. The summed E-state index contributed by atoms with van der Waals surface area (Å²) in [4.78, 5) is 0. The second-order valence-corrected chi connectivity index (χ2v) is 5.41. The van der Waals surface area contributed by atoms with E-state index in [0.717, 1.165) is 23.7 Å². The van der Waals surface area contributed by atoms with E-state index in [4.69, 9.17) is 0 Å². The Balaban J connectivity index is 2.06. The first kappa shape index (κ1) is 12.8. The molecule has 2 rings (SSSR count). The van der Waals surface area contributed by atoms with E-state index in [9.17, 15) is 5.26 Å². The van der Waals surface area contributed by atoms with E-state index in [1.807, 2.05) is 13.8 Å². The third kappa shape index (κ3) is 2.61. The van der Waals surface area contributed by atoms with E-state index in [2.05, 4.69) is 28.5 Å². The standard InChI is InChI=1S/C14H20N4/c1-9-4-5-12(6-9)8-16-14-13(7-15)10(2)11(3)17-18-14/h9,12H,4-6,8H2,1-3H3,(H,16,18). The van der Waals surface area contributed by atoms with Crippen molar-refractivity contribution in [3.8, 4) is 6.07 Å². The first-order chi connectivity index (χ1) is 8.61. The molecular formula is C14H20N4. The summed E-state index contributed by atoms with van der Waals surface area (Å²) < 4.78 is 0. The van der Waals surface area contributed by atoms with Crippen molar-refractivity contribution in [3.63, 3.8) is 0 Å². The van der Waals surface area contributed by atoms with Gasteiger partial charge in [0.1, 0.15) is 11.6 Å². The van der Waals surface area contributed by atoms with Crippen molar-refractivity contribution in [1.29, 1.82) is 5.26 Å². The van der Waals surface area contributed by atoms with Gasteiger partial charge in [0.2, 0.25) is 0 Å². The zero-order valence-electron chi connectivity index (χ0n) is 11.3. The van der Waals surface area contributed by atoms with Crippen molar-refractivity contribution in [1.82, 2.24) is 10.2 Å². The molecule has 2 atom stereocenters. The Hall–Kier alpha value is -1.63. The monoisotopic (exact) mass is 244 g/mol. The smallest absolute Gasteiger partial charge is 0.166 e. The number of nitrogens with zero attached hydrogens (tertiary/aromatic N) is 3. The Morgan fingerprint density at radius 3 is 2.72 bits per heavy atom. The van der Waals surface area contributed by atoms with E-state index >= 15 is 0 Å². The number of rotatable bonds is 3. The molecule has 0 spiro atoms. The molecule has 1 N–H and O–H groups in total. The van der Waals surface area contributed by atoms with Gasteiger partial charge < -0.3 is 5.32 Å². The lowest BCUT2D eigenvalue weighted by Crippen LogP contribution is -2.14. The van der Waals surface area contributed by atoms with Gasteiger partial charge in [-0.1, -0.05) is 13.3 Å². The Labute approximate surface area is 108 Å². The molecule has 1 fully saturated rings. The Kier molecular flexibility index (Phi) is 3.81. The average Bonchev–Trinajstić information content (AvgIpc) is 2.77. The molecule has 1 aromatic rings. The number of aryl methyl sites for hydroxylation is 1. The van der Waals surface area contributed by atoms with Gasteiger partial charge in [-0.2, -0.15) is 10.4 Å². The van der Waals surface area contributed by atoms with Crippen molar-refractivity contribution < 1.29 is 0 Å². The van der Waals surface area contributed by atoms with Crippen LogP contribution in [0.2, 0.25) is 0 Å². The molecule has 0 bridgehead atoms. The molecule has 4 nitrogen and oxygen atoms in total. The largest absolute Gasteiger partial charge is 0.367 e. The van der Waals surface area contributed by atoms with Gasteiger partial charge in [-0.05, 0) is 44.1 Å². The second kappa shape index (κ2) is 5.34. The van der Waals surface area contributed by atoms with Gasteiger partial charge in [0.25, 0.3) is 0 Å². The van der Waals surface area contributed by atoms with Gasteiger partial charge in [-0.25, -0.2) is 0 Å². The van der Waals surface area contributed by atoms with Crippen molar-refractivity contribution >= 4 is 5.82 Å². The van der Waals surface area contributed by atoms with Crippen LogP contribution in [0.15, 0.2) is 0 Å². The predicted molar refractivity (Wildman–Crippen MR) is 71.2 cm³/mol. The highest BCUT2D eigenvalue weighted by atomic mass is 15.2. The van der Waals surface area contributed by atoms with Crippen molar-refractivity contribution in [2.45, 2.75) is 40.0 Å². The molecule has 96 valence electrons. The predicted octanol–water partition coefficient (Wildman–Crippen LogP) is 2.81. The lowest BCUT2D eigenvalue weighted by molar-refractivity contribution is 0.536. The van der Waals surface area contributed by atoms with Crippen LogP contribution in [0.1, 0.15) is 43.0 Å². The number of aromatic nitrogens is 2. The molecule has 0 amide bonds. The minimum atomic E-state index is 0.633. The topological polar surface area (TPSA) is 61.6 Å². The molecule has 0 aromatic carbocycles. The van der Waals surface area contributed by atoms with Gasteiger partial charge in [-0.15, -0.1) is 5.10 Å². The summed E-state index contributed by atoms with van der Waals surface area (Å²) in [5, 5.41) is 20.7. The van der Waals surface area contributed by atoms with Crippen molar-refractivity contribution in [2.24, 2.45) is 11.8 Å². The first-order valence-electron chi connectivity index (χ1n) is 6.59. The van der Waals surface area contributed by atoms with Gasteiger partial charge in [0, 0.05) is 6.54 Å². The quantitative estimate of drug-likeness (QED) is 0.888. The van der Waals surface area contributed by atoms with Crippen LogP contribution in [-0.4, -0.2) is 16.7 Å². The Morgan fingerprint density at radius 2 is 2.11 bits per heavy atom. The molecule has 1 saturated carbocycles. The molecule has 0 saturated heterocycles. The van der Waals surface area contributed by atoms with Gasteiger partial charge >= 0.3 is 0 Å². The molecule has 18 heavy (non-hydrogen) atoms. The summed E-state index contributed by atoms with van der Waals surface area (Å²) in [7, 11) is 0. The molecular weight excluding hydrogens is 224 g/mol. The van der Waals surface area contributed by atoms with Crippen LogP contribution in [-0.2, 0) is 0 Å². The number of nitriles is 1. The van der Waals surface area contributed by atoms with Crippen molar-refractivity contribution in [3.05, 3.63) is 16.8 Å². The normalized spacial score (nSPS) is 22.8. The molecule has 1 aromatic heterocycles. The summed E-state index contributed by atoms with van der Waals surface area (Å²) in [5.74, 6) is 2.17. The van der Waals surface area contributed by atoms with Crippen LogP contribution >= 0.6 is 0 Å². The first-order valence-corrected chi connectivity index (χ1v) is 6.59. The molecule has 1 aliphatic carbocycles. The highest BCUT2D eigenvalue weighted by Gasteiger charge is 2.21. The molecule has 1 heterocycles. The minimum absolute atomic E-state index is 0.633. The molecule has 1 aliphatic rings. The third-order valence-corrected chi connectivity index (χ3v) is 3.93. The highest BCUT2D eigenvalue weighted by molar-refractivity contribution is 5.55. The maximum Gasteiger partial charge on any atom is 0.166 e. The van der Waals surface area contributed by atoms with E-state index in [0.29, 0.717) is 17.3 Å². The maximum absolute atomic E-state index is 9.20. The maximum atomic E-state index is 9.20. The third-order valence-electron chi connectivity index (χ3n) is 3.93. The fraction of sp³-hybridized carbons (Fsp3) is 0.643. The van der Waals surface area contributed by atoms with Crippen LogP contribution in [0, 0.1) is 37.0 Å². The van der Waals surface area contributed by atoms with Crippen LogP contribution in [0.5, 0.6) is 0 Å². The Bertz CT molecular complexity index is 475. The van der Waals surface area contributed by atoms with Crippen LogP contribution in [0.4, 0.5) is 5.82 Å². The zero-order chi connectivity index (χ0) is 13.1. The minimum Gasteiger partial charge on any atom is -0.367 e. The molecule has 4 heteroatoms. The fourth-order valence-corrected chi connectivity index (χ4v) is 2.62. The lowest BCUT2D eigenvalue weighted by Gasteiger charge is -2.13. The molecule has 0 radical (unpaired) electrons. The SMILES string of the molecule is Cc1nnc(NCC2CCC(C)C2)c(C#N)c1C.